The van der Waals surface area contributed by atoms with Gasteiger partial charge in [0.2, 0.25) is 11.8 Å². The van der Waals surface area contributed by atoms with Gasteiger partial charge in [-0.1, -0.05) is 19.0 Å². The van der Waals surface area contributed by atoms with E-state index in [0.717, 1.165) is 0 Å². The quantitative estimate of drug-likeness (QED) is 0.524. The molecule has 1 aromatic rings. The van der Waals surface area contributed by atoms with Crippen molar-refractivity contribution < 1.29 is 18.8 Å². The fraction of sp³-hybridized carbons (Fsp3) is 0.444. The van der Waals surface area contributed by atoms with Crippen LogP contribution in [0.15, 0.2) is 21.7 Å². The lowest BCUT2D eigenvalue weighted by Gasteiger charge is -2.11. The number of aromatic nitrogens is 5. The molecule has 0 saturated heterocycles. The van der Waals surface area contributed by atoms with Crippen molar-refractivity contribution in [3.8, 4) is 11.3 Å². The highest BCUT2D eigenvalue weighted by Gasteiger charge is 2.22. The number of carbonyl (C=O) groups is 2. The van der Waals surface area contributed by atoms with Gasteiger partial charge in [-0.05, 0) is 0 Å². The maximum atomic E-state index is 12.1. The number of aromatic amines is 1. The van der Waals surface area contributed by atoms with Gasteiger partial charge in [0, 0.05) is 44.2 Å². The molecule has 11 nitrogen and oxygen atoms in total. The molecule has 1 amide bonds. The van der Waals surface area contributed by atoms with Crippen LogP contribution in [0.1, 0.15) is 48.3 Å². The van der Waals surface area contributed by atoms with E-state index in [2.05, 4.69) is 25.7 Å². The third-order valence-corrected chi connectivity index (χ3v) is 4.28. The van der Waals surface area contributed by atoms with Crippen molar-refractivity contribution in [3.05, 3.63) is 40.0 Å². The molecule has 2 aliphatic heterocycles. The van der Waals surface area contributed by atoms with E-state index < -0.39 is 11.5 Å². The van der Waals surface area contributed by atoms with Crippen molar-refractivity contribution in [1.82, 2.24) is 30.2 Å². The van der Waals surface area contributed by atoms with Crippen molar-refractivity contribution in [2.45, 2.75) is 39.2 Å². The second-order valence-electron chi connectivity index (χ2n) is 6.77. The van der Waals surface area contributed by atoms with E-state index in [4.69, 9.17) is 9.26 Å². The standard InChI is InChI=1S/C18H22N6O5/c1-10(2)16-20-14(29-23-16)4-6-19-13(25)5-7-24-8-11-15(21-22-17(11)26)12(9-24)18(27)28-3/h8-10H,4-7H2,1-3H3,(H,19,25)(H,22,26). The predicted molar refractivity (Wildman–Crippen MR) is 101 cm³/mol. The van der Waals surface area contributed by atoms with E-state index >= 15 is 0 Å². The molecule has 0 atom stereocenters. The number of hydrogen-bond acceptors (Lipinski definition) is 8. The van der Waals surface area contributed by atoms with Crippen molar-refractivity contribution >= 4 is 11.9 Å². The molecule has 0 radical (unpaired) electrons. The van der Waals surface area contributed by atoms with Crippen LogP contribution in [0.2, 0.25) is 0 Å². The number of ether oxygens (including phenoxy) is 1. The number of pyridine rings is 1. The fourth-order valence-corrected chi connectivity index (χ4v) is 2.71. The Morgan fingerprint density at radius 2 is 2.14 bits per heavy atom. The Bertz CT molecular complexity index is 1030. The molecule has 3 rings (SSSR count). The van der Waals surface area contributed by atoms with Crippen LogP contribution in [0.25, 0.3) is 11.3 Å². The molecule has 1 aromatic heterocycles. The lowest BCUT2D eigenvalue weighted by Crippen LogP contribution is -2.26. The number of amides is 1. The molecule has 0 saturated carbocycles. The van der Waals surface area contributed by atoms with Crippen molar-refractivity contribution in [2.75, 3.05) is 13.7 Å². The van der Waals surface area contributed by atoms with Crippen LogP contribution in [0.3, 0.4) is 0 Å². The number of nitrogens with one attached hydrogen (secondary N) is 2. The van der Waals surface area contributed by atoms with E-state index in [1.165, 1.54) is 13.3 Å². The summed E-state index contributed by atoms with van der Waals surface area (Å²) < 4.78 is 11.5. The topological polar surface area (TPSA) is 145 Å². The summed E-state index contributed by atoms with van der Waals surface area (Å²) in [4.78, 5) is 40.2. The Hall–Kier alpha value is -3.50. The Morgan fingerprint density at radius 3 is 2.83 bits per heavy atom. The second-order valence-corrected chi connectivity index (χ2v) is 6.77. The van der Waals surface area contributed by atoms with Crippen molar-refractivity contribution in [1.29, 1.82) is 0 Å². The lowest BCUT2D eigenvalue weighted by molar-refractivity contribution is -0.121. The number of aryl methyl sites for hydroxylation is 1. The van der Waals surface area contributed by atoms with Gasteiger partial charge in [0.25, 0.3) is 5.56 Å². The van der Waals surface area contributed by atoms with Crippen LogP contribution in [0.5, 0.6) is 0 Å². The predicted octanol–water partition coefficient (Wildman–Crippen LogP) is 0.718. The van der Waals surface area contributed by atoms with Crippen LogP contribution < -0.4 is 10.9 Å². The second kappa shape index (κ2) is 8.67. The molecule has 2 N–H and O–H groups in total. The number of carbonyl (C=O) groups excluding carboxylic acids is 2. The van der Waals surface area contributed by atoms with Gasteiger partial charge in [-0.15, -0.1) is 0 Å². The van der Waals surface area contributed by atoms with Gasteiger partial charge in [-0.2, -0.15) is 10.1 Å². The summed E-state index contributed by atoms with van der Waals surface area (Å²) in [7, 11) is 1.25. The third kappa shape index (κ3) is 4.68. The first kappa shape index (κ1) is 20.2. The highest BCUT2D eigenvalue weighted by atomic mass is 16.5. The number of nitrogens with zero attached hydrogens (tertiary/aromatic N) is 4. The molecule has 11 heteroatoms. The van der Waals surface area contributed by atoms with Gasteiger partial charge in [0.1, 0.15) is 11.3 Å². The molecule has 2 aliphatic rings. The van der Waals surface area contributed by atoms with Crippen LogP contribution in [-0.4, -0.2) is 50.4 Å². The summed E-state index contributed by atoms with van der Waals surface area (Å²) in [5, 5.41) is 12.8. The monoisotopic (exact) mass is 402 g/mol. The van der Waals surface area contributed by atoms with E-state index in [1.807, 2.05) is 13.8 Å². The Balaban J connectivity index is 1.57. The van der Waals surface area contributed by atoms with Gasteiger partial charge in [-0.25, -0.2) is 9.89 Å². The zero-order valence-corrected chi connectivity index (χ0v) is 16.4. The molecule has 0 aliphatic carbocycles. The molecule has 3 heterocycles. The van der Waals surface area contributed by atoms with E-state index in [0.29, 0.717) is 24.7 Å². The highest BCUT2D eigenvalue weighted by Crippen LogP contribution is 2.20. The molecule has 29 heavy (non-hydrogen) atoms. The number of fused-ring (bicyclic) bond motifs is 1. The zero-order chi connectivity index (χ0) is 21.0. The SMILES string of the molecule is COC(=O)c1cn(CCC(=O)NCCc2nc(C(C)C)no2)cc2c(=O)[nH]nc1-2. The largest absolute Gasteiger partial charge is 0.465 e. The minimum Gasteiger partial charge on any atom is -0.465 e. The van der Waals surface area contributed by atoms with Crippen LogP contribution in [0, 0.1) is 0 Å². The number of esters is 1. The summed E-state index contributed by atoms with van der Waals surface area (Å²) >= 11 is 0. The van der Waals surface area contributed by atoms with Gasteiger partial charge >= 0.3 is 5.97 Å². The van der Waals surface area contributed by atoms with Crippen molar-refractivity contribution in [2.24, 2.45) is 0 Å². The average molecular weight is 402 g/mol. The first-order valence-electron chi connectivity index (χ1n) is 9.14. The Labute approximate surface area is 165 Å². The minimum atomic E-state index is -0.611. The summed E-state index contributed by atoms with van der Waals surface area (Å²) in [5.74, 6) is 0.489. The maximum Gasteiger partial charge on any atom is 0.341 e. The van der Waals surface area contributed by atoms with Gasteiger partial charge in [-0.3, -0.25) is 9.59 Å². The first-order valence-corrected chi connectivity index (χ1v) is 9.14. The number of H-pyrrole nitrogens is 1. The van der Waals surface area contributed by atoms with Crippen LogP contribution in [0.4, 0.5) is 0 Å². The molecule has 0 aromatic carbocycles. The molecule has 0 bridgehead atoms. The Morgan fingerprint density at radius 1 is 1.34 bits per heavy atom. The maximum absolute atomic E-state index is 12.1. The molecular weight excluding hydrogens is 380 g/mol. The molecule has 154 valence electrons. The number of methoxy groups -OCH3 is 1. The fourth-order valence-electron chi connectivity index (χ4n) is 2.71. The van der Waals surface area contributed by atoms with Gasteiger partial charge < -0.3 is 19.1 Å². The van der Waals surface area contributed by atoms with Gasteiger partial charge in [0.15, 0.2) is 5.82 Å². The summed E-state index contributed by atoms with van der Waals surface area (Å²) in [5.41, 5.74) is 0.235. The lowest BCUT2D eigenvalue weighted by atomic mass is 10.1. The van der Waals surface area contributed by atoms with E-state index in [1.54, 1.807) is 10.8 Å². The van der Waals surface area contributed by atoms with Crippen LogP contribution in [-0.2, 0) is 22.5 Å². The third-order valence-electron chi connectivity index (χ3n) is 4.28. The summed E-state index contributed by atoms with van der Waals surface area (Å²) in [6.45, 7) is 4.57. The molecule has 0 spiro atoms. The molecular formula is C18H22N6O5. The summed E-state index contributed by atoms with van der Waals surface area (Å²) in [6, 6.07) is 0. The zero-order valence-electron chi connectivity index (χ0n) is 16.4. The highest BCUT2D eigenvalue weighted by molar-refractivity contribution is 5.95. The molecule has 0 unspecified atom stereocenters. The van der Waals surface area contributed by atoms with Crippen LogP contribution >= 0.6 is 0 Å². The minimum absolute atomic E-state index is 0.154. The van der Waals surface area contributed by atoms with E-state index in [-0.39, 0.29) is 41.6 Å². The number of rotatable bonds is 8. The average Bonchev–Trinajstić information content (AvgIpc) is 3.32. The normalized spacial score (nSPS) is 11.2. The number of hydrogen-bond donors (Lipinski definition) is 2. The summed E-state index contributed by atoms with van der Waals surface area (Å²) in [6.07, 6.45) is 3.65. The Kier molecular flexibility index (Phi) is 6.05. The van der Waals surface area contributed by atoms with E-state index in [9.17, 15) is 14.4 Å². The first-order chi connectivity index (χ1) is 13.9. The van der Waals surface area contributed by atoms with Crippen molar-refractivity contribution in [3.63, 3.8) is 0 Å². The van der Waals surface area contributed by atoms with Gasteiger partial charge in [0.05, 0.1) is 12.7 Å². The molecule has 0 fully saturated rings. The smallest absolute Gasteiger partial charge is 0.341 e.